The lowest BCUT2D eigenvalue weighted by Gasteiger charge is -2.26. The van der Waals surface area contributed by atoms with Gasteiger partial charge in [0.05, 0.1) is 19.9 Å². The number of unbranched alkanes of at least 4 members (excludes halogenated alkanes) is 1. The van der Waals surface area contributed by atoms with Crippen LogP contribution in [0.5, 0.6) is 0 Å². The van der Waals surface area contributed by atoms with Crippen molar-refractivity contribution in [2.45, 2.75) is 39.8 Å². The first-order valence-corrected chi connectivity index (χ1v) is 11.2. The van der Waals surface area contributed by atoms with Gasteiger partial charge in [-0.15, -0.1) is 5.10 Å². The Balaban J connectivity index is 1.72. The van der Waals surface area contributed by atoms with Crippen molar-refractivity contribution in [2.75, 3.05) is 26.3 Å². The summed E-state index contributed by atoms with van der Waals surface area (Å²) >= 11 is 5.90. The summed E-state index contributed by atoms with van der Waals surface area (Å²) in [4.78, 5) is 2.34. The molecule has 0 unspecified atom stereocenters. The number of morpholine rings is 1. The van der Waals surface area contributed by atoms with E-state index in [1.165, 1.54) is 24.0 Å². The van der Waals surface area contributed by atoms with Crippen LogP contribution in [0, 0.1) is 11.7 Å². The first-order valence-electron chi connectivity index (χ1n) is 10.8. The molecular formula is C24H30N4OS. The zero-order chi connectivity index (χ0) is 20.9. The van der Waals surface area contributed by atoms with Crippen molar-refractivity contribution in [3.63, 3.8) is 0 Å². The predicted octanol–water partition coefficient (Wildman–Crippen LogP) is 5.01. The number of rotatable bonds is 7. The molecule has 1 fully saturated rings. The Hall–Kier alpha value is -2.28. The number of hydrogen-bond donors (Lipinski definition) is 0. The Bertz CT molecular complexity index is 1010. The molecule has 2 aromatic carbocycles. The van der Waals surface area contributed by atoms with E-state index in [0.29, 0.717) is 6.67 Å². The summed E-state index contributed by atoms with van der Waals surface area (Å²) in [6.45, 7) is 8.34. The molecule has 3 aromatic rings. The van der Waals surface area contributed by atoms with Crippen molar-refractivity contribution >= 4 is 12.2 Å². The zero-order valence-corrected chi connectivity index (χ0v) is 18.7. The van der Waals surface area contributed by atoms with E-state index in [2.05, 4.69) is 71.8 Å². The molecule has 1 aliphatic heterocycles. The highest BCUT2D eigenvalue weighted by Crippen LogP contribution is 2.24. The molecule has 4 rings (SSSR count). The van der Waals surface area contributed by atoms with Crippen molar-refractivity contribution < 1.29 is 4.74 Å². The molecule has 0 atom stereocenters. The maximum Gasteiger partial charge on any atom is 0.204 e. The van der Waals surface area contributed by atoms with E-state index in [0.717, 1.165) is 54.6 Å². The highest BCUT2D eigenvalue weighted by Gasteiger charge is 2.18. The molecule has 6 heteroatoms. The largest absolute Gasteiger partial charge is 0.379 e. The van der Waals surface area contributed by atoms with Crippen molar-refractivity contribution in [3.05, 3.63) is 64.4 Å². The molecule has 5 nitrogen and oxygen atoms in total. The number of benzene rings is 2. The summed E-state index contributed by atoms with van der Waals surface area (Å²) in [5.74, 6) is 0.884. The second-order valence-electron chi connectivity index (χ2n) is 7.95. The lowest BCUT2D eigenvalue weighted by molar-refractivity contribution is 0.0210. The molecule has 0 bridgehead atoms. The van der Waals surface area contributed by atoms with Crippen LogP contribution in [0.4, 0.5) is 0 Å². The van der Waals surface area contributed by atoms with Crippen LogP contribution < -0.4 is 0 Å². The Morgan fingerprint density at radius 2 is 1.70 bits per heavy atom. The van der Waals surface area contributed by atoms with E-state index >= 15 is 0 Å². The fourth-order valence-electron chi connectivity index (χ4n) is 3.75. The minimum Gasteiger partial charge on any atom is -0.379 e. The third-order valence-corrected chi connectivity index (χ3v) is 5.99. The third kappa shape index (κ3) is 4.72. The fraction of sp³-hybridized carbons (Fsp3) is 0.417. The van der Waals surface area contributed by atoms with Gasteiger partial charge in [-0.2, -0.15) is 0 Å². The van der Waals surface area contributed by atoms with Gasteiger partial charge < -0.3 is 4.74 Å². The monoisotopic (exact) mass is 422 g/mol. The molecule has 1 saturated heterocycles. The minimum absolute atomic E-state index is 0.683. The van der Waals surface area contributed by atoms with Crippen molar-refractivity contribution in [1.29, 1.82) is 0 Å². The summed E-state index contributed by atoms with van der Waals surface area (Å²) in [5, 5.41) is 4.95. The van der Waals surface area contributed by atoms with Gasteiger partial charge >= 0.3 is 0 Å². The topological polar surface area (TPSA) is 35.2 Å². The van der Waals surface area contributed by atoms with Crippen molar-refractivity contribution in [1.82, 2.24) is 19.2 Å². The van der Waals surface area contributed by atoms with Crippen molar-refractivity contribution in [3.8, 4) is 17.1 Å². The molecule has 0 saturated carbocycles. The van der Waals surface area contributed by atoms with E-state index < -0.39 is 0 Å². The average molecular weight is 423 g/mol. The standard InChI is InChI=1S/C24H30N4OS/c1-3-4-5-20-8-12-22(13-9-20)28-23(21-10-6-19(2)7-11-21)25-27(24(28)30)18-26-14-16-29-17-15-26/h6-13H,3-5,14-18H2,1-2H3. The Kier molecular flexibility index (Phi) is 6.77. The quantitative estimate of drug-likeness (QED) is 0.501. The summed E-state index contributed by atoms with van der Waals surface area (Å²) in [7, 11) is 0. The first kappa shape index (κ1) is 21.0. The van der Waals surface area contributed by atoms with E-state index in [1.807, 2.05) is 4.68 Å². The number of hydrogen-bond acceptors (Lipinski definition) is 4. The Labute approximate surface area is 183 Å². The normalized spacial score (nSPS) is 14.9. The SMILES string of the molecule is CCCCc1ccc(-n2c(-c3ccc(C)cc3)nn(CN3CCOCC3)c2=S)cc1. The highest BCUT2D eigenvalue weighted by atomic mass is 32.1. The molecule has 0 N–H and O–H groups in total. The van der Waals surface area contributed by atoms with Crippen LogP contribution in [0.2, 0.25) is 0 Å². The molecule has 0 aliphatic carbocycles. The molecule has 30 heavy (non-hydrogen) atoms. The van der Waals surface area contributed by atoms with E-state index in [1.54, 1.807) is 0 Å². The van der Waals surface area contributed by atoms with Gasteiger partial charge in [0.25, 0.3) is 0 Å². The van der Waals surface area contributed by atoms with E-state index in [4.69, 9.17) is 22.1 Å². The lowest BCUT2D eigenvalue weighted by atomic mass is 10.1. The van der Waals surface area contributed by atoms with Gasteiger partial charge in [-0.25, -0.2) is 4.68 Å². The van der Waals surface area contributed by atoms with Gasteiger partial charge in [0.15, 0.2) is 5.82 Å². The molecular weight excluding hydrogens is 392 g/mol. The predicted molar refractivity (Wildman–Crippen MR) is 124 cm³/mol. The van der Waals surface area contributed by atoms with Gasteiger partial charge in [-0.3, -0.25) is 9.47 Å². The van der Waals surface area contributed by atoms with Crippen LogP contribution in [-0.2, 0) is 17.8 Å². The number of aromatic nitrogens is 3. The third-order valence-electron chi connectivity index (χ3n) is 5.60. The van der Waals surface area contributed by atoms with Gasteiger partial charge in [0.1, 0.15) is 0 Å². The van der Waals surface area contributed by atoms with Crippen LogP contribution in [-0.4, -0.2) is 45.6 Å². The molecule has 0 spiro atoms. The number of ether oxygens (including phenoxy) is 1. The minimum atomic E-state index is 0.683. The van der Waals surface area contributed by atoms with Crippen LogP contribution in [0.1, 0.15) is 30.9 Å². The smallest absolute Gasteiger partial charge is 0.204 e. The molecule has 1 aliphatic rings. The zero-order valence-electron chi connectivity index (χ0n) is 17.9. The van der Waals surface area contributed by atoms with Crippen LogP contribution in [0.15, 0.2) is 48.5 Å². The summed E-state index contributed by atoms with van der Waals surface area (Å²) < 4.78 is 10.3. The molecule has 158 valence electrons. The van der Waals surface area contributed by atoms with Crippen molar-refractivity contribution in [2.24, 2.45) is 0 Å². The number of nitrogens with zero attached hydrogens (tertiary/aromatic N) is 4. The van der Waals surface area contributed by atoms with Gasteiger partial charge in [-0.1, -0.05) is 55.3 Å². The summed E-state index contributed by atoms with van der Waals surface area (Å²) in [5.41, 5.74) is 4.73. The molecule has 1 aromatic heterocycles. The molecule has 0 amide bonds. The second-order valence-corrected chi connectivity index (χ2v) is 8.31. The maximum atomic E-state index is 5.90. The lowest BCUT2D eigenvalue weighted by Crippen LogP contribution is -2.37. The van der Waals surface area contributed by atoms with Gasteiger partial charge in [0.2, 0.25) is 4.77 Å². The Morgan fingerprint density at radius 1 is 1.00 bits per heavy atom. The first-order chi connectivity index (χ1) is 14.7. The molecule has 0 radical (unpaired) electrons. The second kappa shape index (κ2) is 9.69. The summed E-state index contributed by atoms with van der Waals surface area (Å²) in [6, 6.07) is 17.2. The van der Waals surface area contributed by atoms with Gasteiger partial charge in [0, 0.05) is 24.3 Å². The van der Waals surface area contributed by atoms with Crippen LogP contribution >= 0.6 is 12.2 Å². The molecule has 2 heterocycles. The van der Waals surface area contributed by atoms with Crippen LogP contribution in [0.3, 0.4) is 0 Å². The van der Waals surface area contributed by atoms with Crippen LogP contribution in [0.25, 0.3) is 17.1 Å². The fourth-order valence-corrected chi connectivity index (χ4v) is 4.04. The van der Waals surface area contributed by atoms with E-state index in [-0.39, 0.29) is 0 Å². The maximum absolute atomic E-state index is 5.90. The summed E-state index contributed by atoms with van der Waals surface area (Å²) in [6.07, 6.45) is 3.53. The number of aryl methyl sites for hydroxylation is 2. The van der Waals surface area contributed by atoms with E-state index in [9.17, 15) is 0 Å². The van der Waals surface area contributed by atoms with Gasteiger partial charge in [-0.05, 0) is 49.7 Å². The highest BCUT2D eigenvalue weighted by molar-refractivity contribution is 7.71. The Morgan fingerprint density at radius 3 is 2.37 bits per heavy atom. The average Bonchev–Trinajstić information content (AvgIpc) is 3.10.